The first kappa shape index (κ1) is 29.0. The molecule has 0 aliphatic heterocycles. The molecular formula is C36H50O. The van der Waals surface area contributed by atoms with Crippen LogP contribution in [0.3, 0.4) is 0 Å². The smallest absolute Gasteiger partial charge is 0.124 e. The maximum atomic E-state index is 11.7. The van der Waals surface area contributed by atoms with Gasteiger partial charge >= 0.3 is 0 Å². The Morgan fingerprint density at radius 3 is 1.11 bits per heavy atom. The van der Waals surface area contributed by atoms with Gasteiger partial charge in [0.25, 0.3) is 0 Å². The fourth-order valence-electron chi connectivity index (χ4n) is 5.51. The Bertz CT molecular complexity index is 1240. The summed E-state index contributed by atoms with van der Waals surface area (Å²) in [4.78, 5) is 0. The number of aryl methyl sites for hydroxylation is 2. The summed E-state index contributed by atoms with van der Waals surface area (Å²) in [6.45, 7) is 31.9. The summed E-state index contributed by atoms with van der Waals surface area (Å²) in [5.41, 5.74) is 12.0. The van der Waals surface area contributed by atoms with Gasteiger partial charge in [-0.1, -0.05) is 131 Å². The van der Waals surface area contributed by atoms with Crippen molar-refractivity contribution in [3.05, 3.63) is 75.8 Å². The van der Waals surface area contributed by atoms with Gasteiger partial charge in [0, 0.05) is 5.56 Å². The van der Waals surface area contributed by atoms with Crippen molar-refractivity contribution in [2.45, 2.75) is 119 Å². The largest absolute Gasteiger partial charge is 0.507 e. The maximum Gasteiger partial charge on any atom is 0.124 e. The topological polar surface area (TPSA) is 20.2 Å². The average Bonchev–Trinajstić information content (AvgIpc) is 2.70. The molecule has 0 unspecified atom stereocenters. The van der Waals surface area contributed by atoms with Crippen LogP contribution in [0, 0.1) is 13.8 Å². The Labute approximate surface area is 227 Å². The quantitative estimate of drug-likeness (QED) is 0.372. The summed E-state index contributed by atoms with van der Waals surface area (Å²) in [7, 11) is 0. The zero-order valence-corrected chi connectivity index (χ0v) is 26.0. The molecule has 0 bridgehead atoms. The first-order valence-electron chi connectivity index (χ1n) is 13.8. The summed E-state index contributed by atoms with van der Waals surface area (Å²) >= 11 is 0. The third-order valence-electron chi connectivity index (χ3n) is 7.36. The van der Waals surface area contributed by atoms with E-state index in [2.05, 4.69) is 127 Å². The normalized spacial score (nSPS) is 13.2. The molecule has 0 radical (unpaired) electrons. The third-order valence-corrected chi connectivity index (χ3v) is 7.36. The van der Waals surface area contributed by atoms with E-state index in [9.17, 15) is 5.11 Å². The van der Waals surface area contributed by atoms with E-state index in [0.29, 0.717) is 5.75 Å². The number of benzene rings is 3. The molecule has 0 heterocycles. The van der Waals surface area contributed by atoms with E-state index < -0.39 is 0 Å². The molecule has 1 heteroatoms. The van der Waals surface area contributed by atoms with Crippen molar-refractivity contribution in [3.8, 4) is 28.0 Å². The number of aromatic hydroxyl groups is 1. The van der Waals surface area contributed by atoms with E-state index >= 15 is 0 Å². The number of rotatable bonds is 2. The summed E-state index contributed by atoms with van der Waals surface area (Å²) in [6, 6.07) is 15.4. The second-order valence-electron chi connectivity index (χ2n) is 15.2. The van der Waals surface area contributed by atoms with E-state index in [-0.39, 0.29) is 21.7 Å². The highest BCUT2D eigenvalue weighted by Crippen LogP contribution is 2.51. The van der Waals surface area contributed by atoms with Gasteiger partial charge in [0.15, 0.2) is 0 Å². The van der Waals surface area contributed by atoms with Gasteiger partial charge in [-0.15, -0.1) is 0 Å². The molecule has 0 aliphatic carbocycles. The van der Waals surface area contributed by atoms with Gasteiger partial charge in [-0.2, -0.15) is 0 Å². The van der Waals surface area contributed by atoms with Crippen molar-refractivity contribution in [2.24, 2.45) is 0 Å². The van der Waals surface area contributed by atoms with E-state index in [4.69, 9.17) is 0 Å². The molecular weight excluding hydrogens is 448 g/mol. The highest BCUT2D eigenvalue weighted by Gasteiger charge is 2.33. The lowest BCUT2D eigenvalue weighted by Crippen LogP contribution is -2.21. The Kier molecular flexibility index (Phi) is 7.32. The van der Waals surface area contributed by atoms with E-state index in [1.165, 1.54) is 44.5 Å². The Balaban J connectivity index is 2.68. The fraction of sp³-hybridized carbons (Fsp3) is 0.500. The second-order valence-corrected chi connectivity index (χ2v) is 15.2. The lowest BCUT2D eigenvalue weighted by molar-refractivity contribution is 0.476. The minimum atomic E-state index is -0.0894. The highest BCUT2D eigenvalue weighted by molar-refractivity contribution is 5.93. The summed E-state index contributed by atoms with van der Waals surface area (Å²) < 4.78 is 0. The van der Waals surface area contributed by atoms with Crippen molar-refractivity contribution in [3.63, 3.8) is 0 Å². The number of phenolic OH excluding ortho intramolecular Hbond substituents is 1. The molecule has 0 amide bonds. The molecule has 0 aliphatic rings. The Hall–Kier alpha value is -2.54. The molecule has 1 N–H and O–H groups in total. The van der Waals surface area contributed by atoms with Crippen LogP contribution in [0.5, 0.6) is 5.75 Å². The molecule has 37 heavy (non-hydrogen) atoms. The van der Waals surface area contributed by atoms with Gasteiger partial charge in [0.2, 0.25) is 0 Å². The first-order chi connectivity index (χ1) is 16.6. The van der Waals surface area contributed by atoms with Crippen LogP contribution in [0.15, 0.2) is 42.5 Å². The molecule has 0 spiro atoms. The number of hydrogen-bond acceptors (Lipinski definition) is 1. The van der Waals surface area contributed by atoms with Gasteiger partial charge in [-0.25, -0.2) is 0 Å². The molecule has 200 valence electrons. The molecule has 0 fully saturated rings. The van der Waals surface area contributed by atoms with Gasteiger partial charge < -0.3 is 5.11 Å². The van der Waals surface area contributed by atoms with Crippen molar-refractivity contribution in [2.75, 3.05) is 0 Å². The Morgan fingerprint density at radius 2 is 0.784 bits per heavy atom. The minimum absolute atomic E-state index is 0.0585. The van der Waals surface area contributed by atoms with Crippen LogP contribution in [0.25, 0.3) is 22.3 Å². The molecule has 0 atom stereocenters. The zero-order valence-electron chi connectivity index (χ0n) is 26.0. The van der Waals surface area contributed by atoms with Crippen molar-refractivity contribution in [1.82, 2.24) is 0 Å². The molecule has 3 aromatic carbocycles. The average molecular weight is 499 g/mol. The van der Waals surface area contributed by atoms with Crippen LogP contribution in [-0.2, 0) is 21.7 Å². The number of phenols is 1. The predicted molar refractivity (Wildman–Crippen MR) is 163 cm³/mol. The number of hydrogen-bond donors (Lipinski definition) is 1. The standard InChI is InChI=1S/C36H50O/c1-22-18-25(33(3,4)5)30(26(19-22)34(6,7)8)24-16-15-17-29(37)31(24)32-27(35(9,10)11)20-23(2)21-28(32)36(12,13)14/h15-21,37H,1-14H3. The summed E-state index contributed by atoms with van der Waals surface area (Å²) in [5.74, 6) is 0.345. The van der Waals surface area contributed by atoms with Gasteiger partial charge in [-0.05, 0) is 80.5 Å². The predicted octanol–water partition coefficient (Wildman–Crippen LogP) is 10.5. The van der Waals surface area contributed by atoms with Gasteiger partial charge in [0.05, 0.1) is 0 Å². The zero-order chi connectivity index (χ0) is 28.3. The third kappa shape index (κ3) is 5.82. The Morgan fingerprint density at radius 1 is 0.459 bits per heavy atom. The van der Waals surface area contributed by atoms with Crippen LogP contribution < -0.4 is 0 Å². The molecule has 0 aromatic heterocycles. The van der Waals surface area contributed by atoms with Crippen LogP contribution >= 0.6 is 0 Å². The van der Waals surface area contributed by atoms with E-state index in [1.54, 1.807) is 0 Å². The van der Waals surface area contributed by atoms with Gasteiger partial charge in [-0.3, -0.25) is 0 Å². The van der Waals surface area contributed by atoms with Crippen molar-refractivity contribution >= 4 is 0 Å². The van der Waals surface area contributed by atoms with Gasteiger partial charge in [0.1, 0.15) is 5.75 Å². The molecule has 0 saturated heterocycles. The highest BCUT2D eigenvalue weighted by atomic mass is 16.3. The first-order valence-corrected chi connectivity index (χ1v) is 13.8. The van der Waals surface area contributed by atoms with Crippen molar-refractivity contribution in [1.29, 1.82) is 0 Å². The summed E-state index contributed by atoms with van der Waals surface area (Å²) in [5, 5.41) is 11.7. The lowest BCUT2D eigenvalue weighted by Gasteiger charge is -2.35. The molecule has 3 rings (SSSR count). The molecule has 0 saturated carbocycles. The van der Waals surface area contributed by atoms with Crippen molar-refractivity contribution < 1.29 is 5.11 Å². The van der Waals surface area contributed by atoms with E-state index in [0.717, 1.165) is 11.1 Å². The molecule has 3 aromatic rings. The lowest BCUT2D eigenvalue weighted by atomic mass is 9.69. The summed E-state index contributed by atoms with van der Waals surface area (Å²) in [6.07, 6.45) is 0. The van der Waals surface area contributed by atoms with Crippen LogP contribution in [0.2, 0.25) is 0 Å². The molecule has 1 nitrogen and oxygen atoms in total. The minimum Gasteiger partial charge on any atom is -0.507 e. The van der Waals surface area contributed by atoms with E-state index in [1.807, 2.05) is 12.1 Å². The van der Waals surface area contributed by atoms with Crippen LogP contribution in [0.1, 0.15) is 116 Å². The second kappa shape index (κ2) is 9.33. The monoisotopic (exact) mass is 498 g/mol. The van der Waals surface area contributed by atoms with Crippen LogP contribution in [0.4, 0.5) is 0 Å². The fourth-order valence-corrected chi connectivity index (χ4v) is 5.51. The van der Waals surface area contributed by atoms with Crippen LogP contribution in [-0.4, -0.2) is 5.11 Å². The SMILES string of the molecule is Cc1cc(C(C)(C)C)c(-c2cccc(O)c2-c2c(C(C)(C)C)cc(C)cc2C(C)(C)C)c(C(C)(C)C)c1. The maximum absolute atomic E-state index is 11.7.